The zero-order valence-electron chi connectivity index (χ0n) is 13.4. The van der Waals surface area contributed by atoms with E-state index >= 15 is 0 Å². The number of benzene rings is 2. The van der Waals surface area contributed by atoms with Crippen LogP contribution in [-0.4, -0.2) is 21.5 Å². The van der Waals surface area contributed by atoms with Gasteiger partial charge >= 0.3 is 0 Å². The number of ketones is 1. The molecule has 7 heteroatoms. The average Bonchev–Trinajstić information content (AvgIpc) is 2.94. The van der Waals surface area contributed by atoms with E-state index in [1.807, 2.05) is 6.07 Å². The maximum atomic E-state index is 12.6. The molecule has 1 aromatic heterocycles. The van der Waals surface area contributed by atoms with E-state index in [0.717, 1.165) is 0 Å². The SMILES string of the molecule is CC(=O)c1nn(-c2ccc(Cl)cc2)c(N)c1C(=O)Nc1ccccc1. The van der Waals surface area contributed by atoms with Gasteiger partial charge in [0.25, 0.3) is 5.91 Å². The molecule has 0 atom stereocenters. The van der Waals surface area contributed by atoms with Gasteiger partial charge in [0.2, 0.25) is 0 Å². The Morgan fingerprint density at radius 2 is 1.72 bits per heavy atom. The Kier molecular flexibility index (Phi) is 4.54. The van der Waals surface area contributed by atoms with E-state index in [0.29, 0.717) is 16.4 Å². The number of halogens is 1. The summed E-state index contributed by atoms with van der Waals surface area (Å²) in [6.45, 7) is 1.34. The van der Waals surface area contributed by atoms with E-state index < -0.39 is 5.91 Å². The third kappa shape index (κ3) is 3.39. The lowest BCUT2D eigenvalue weighted by molar-refractivity contribution is 0.0983. The van der Waals surface area contributed by atoms with Crippen LogP contribution in [0.2, 0.25) is 5.02 Å². The van der Waals surface area contributed by atoms with Crippen LogP contribution in [0.4, 0.5) is 11.5 Å². The van der Waals surface area contributed by atoms with Crippen LogP contribution in [0.5, 0.6) is 0 Å². The fraction of sp³-hybridized carbons (Fsp3) is 0.0556. The van der Waals surface area contributed by atoms with Crippen molar-refractivity contribution < 1.29 is 9.59 Å². The first-order valence-electron chi connectivity index (χ1n) is 7.49. The lowest BCUT2D eigenvalue weighted by atomic mass is 10.1. The lowest BCUT2D eigenvalue weighted by Crippen LogP contribution is -2.16. The Hall–Kier alpha value is -3.12. The Bertz CT molecular complexity index is 934. The van der Waals surface area contributed by atoms with Crippen molar-refractivity contribution in [1.82, 2.24) is 9.78 Å². The Labute approximate surface area is 149 Å². The van der Waals surface area contributed by atoms with Crippen molar-refractivity contribution in [1.29, 1.82) is 0 Å². The molecule has 0 bridgehead atoms. The van der Waals surface area contributed by atoms with E-state index in [1.54, 1.807) is 48.5 Å². The number of Topliss-reactive ketones (excluding diaryl/α,β-unsaturated/α-hetero) is 1. The first-order valence-corrected chi connectivity index (χ1v) is 7.87. The van der Waals surface area contributed by atoms with E-state index in [4.69, 9.17) is 17.3 Å². The molecule has 0 unspecified atom stereocenters. The Morgan fingerprint density at radius 1 is 1.08 bits per heavy atom. The molecule has 1 heterocycles. The van der Waals surface area contributed by atoms with Gasteiger partial charge in [-0.25, -0.2) is 4.68 Å². The first kappa shape index (κ1) is 16.7. The number of rotatable bonds is 4. The molecule has 0 saturated heterocycles. The number of aromatic nitrogens is 2. The van der Waals surface area contributed by atoms with Gasteiger partial charge in [-0.05, 0) is 36.4 Å². The molecule has 25 heavy (non-hydrogen) atoms. The average molecular weight is 355 g/mol. The van der Waals surface area contributed by atoms with E-state index in [2.05, 4.69) is 10.4 Å². The molecule has 3 N–H and O–H groups in total. The number of hydrogen-bond donors (Lipinski definition) is 2. The molecule has 0 aliphatic heterocycles. The third-order valence-electron chi connectivity index (χ3n) is 3.58. The standard InChI is InChI=1S/C18H15ClN4O2/c1-11(24)16-15(18(25)21-13-5-3-2-4-6-13)17(20)23(22-16)14-9-7-12(19)8-10-14/h2-10H,20H2,1H3,(H,21,25). The summed E-state index contributed by atoms with van der Waals surface area (Å²) in [6, 6.07) is 15.7. The Balaban J connectivity index is 2.04. The molecule has 0 saturated carbocycles. The molecule has 0 aliphatic carbocycles. The van der Waals surface area contributed by atoms with Gasteiger partial charge in [0, 0.05) is 17.6 Å². The maximum absolute atomic E-state index is 12.6. The number of nitrogens with one attached hydrogen (secondary N) is 1. The summed E-state index contributed by atoms with van der Waals surface area (Å²) in [5.41, 5.74) is 7.38. The highest BCUT2D eigenvalue weighted by molar-refractivity contribution is 6.30. The number of carbonyl (C=O) groups is 2. The molecule has 0 spiro atoms. The van der Waals surface area contributed by atoms with Crippen LogP contribution in [-0.2, 0) is 0 Å². The number of anilines is 2. The largest absolute Gasteiger partial charge is 0.383 e. The normalized spacial score (nSPS) is 10.5. The van der Waals surface area contributed by atoms with Crippen molar-refractivity contribution in [3.63, 3.8) is 0 Å². The maximum Gasteiger partial charge on any atom is 0.261 e. The van der Waals surface area contributed by atoms with Gasteiger partial charge in [-0.15, -0.1) is 0 Å². The third-order valence-corrected chi connectivity index (χ3v) is 3.84. The number of hydrogen-bond acceptors (Lipinski definition) is 4. The molecule has 1 amide bonds. The monoisotopic (exact) mass is 354 g/mol. The van der Waals surface area contributed by atoms with Gasteiger partial charge in [-0.3, -0.25) is 9.59 Å². The highest BCUT2D eigenvalue weighted by atomic mass is 35.5. The highest BCUT2D eigenvalue weighted by Crippen LogP contribution is 2.24. The molecule has 3 rings (SSSR count). The van der Waals surface area contributed by atoms with Crippen molar-refractivity contribution in [2.45, 2.75) is 6.92 Å². The van der Waals surface area contributed by atoms with Crippen LogP contribution in [0.25, 0.3) is 5.69 Å². The summed E-state index contributed by atoms with van der Waals surface area (Å²) in [5, 5.41) is 7.49. The number of nitrogen functional groups attached to an aromatic ring is 1. The zero-order valence-corrected chi connectivity index (χ0v) is 14.1. The minimum atomic E-state index is -0.492. The van der Waals surface area contributed by atoms with Gasteiger partial charge in [0.1, 0.15) is 17.1 Å². The molecule has 0 fully saturated rings. The van der Waals surface area contributed by atoms with Gasteiger partial charge in [-0.1, -0.05) is 29.8 Å². The zero-order chi connectivity index (χ0) is 18.0. The molecule has 6 nitrogen and oxygen atoms in total. The second-order valence-corrected chi connectivity index (χ2v) is 5.81. The predicted octanol–water partition coefficient (Wildman–Crippen LogP) is 3.56. The van der Waals surface area contributed by atoms with E-state index in [9.17, 15) is 9.59 Å². The molecule has 0 aliphatic rings. The quantitative estimate of drug-likeness (QED) is 0.701. The summed E-state index contributed by atoms with van der Waals surface area (Å²) in [7, 11) is 0. The van der Waals surface area contributed by atoms with Crippen molar-refractivity contribution in [3.8, 4) is 5.69 Å². The highest BCUT2D eigenvalue weighted by Gasteiger charge is 2.25. The van der Waals surface area contributed by atoms with Crippen molar-refractivity contribution in [2.24, 2.45) is 0 Å². The van der Waals surface area contributed by atoms with Crippen LogP contribution in [0, 0.1) is 0 Å². The van der Waals surface area contributed by atoms with Gasteiger partial charge in [-0.2, -0.15) is 5.10 Å². The van der Waals surface area contributed by atoms with Crippen molar-refractivity contribution in [2.75, 3.05) is 11.1 Å². The second kappa shape index (κ2) is 6.78. The predicted molar refractivity (Wildman–Crippen MR) is 97.4 cm³/mol. The smallest absolute Gasteiger partial charge is 0.261 e. The summed E-state index contributed by atoms with van der Waals surface area (Å²) < 4.78 is 1.35. The molecule has 2 aromatic carbocycles. The molecule has 0 radical (unpaired) electrons. The minimum Gasteiger partial charge on any atom is -0.383 e. The number of nitrogens with two attached hydrogens (primary N) is 1. The van der Waals surface area contributed by atoms with Gasteiger partial charge in [0.05, 0.1) is 5.69 Å². The molecule has 126 valence electrons. The minimum absolute atomic E-state index is 0.0147. The number of amides is 1. The van der Waals surface area contributed by atoms with Crippen molar-refractivity contribution in [3.05, 3.63) is 70.9 Å². The first-order chi connectivity index (χ1) is 12.0. The van der Waals surface area contributed by atoms with Gasteiger partial charge < -0.3 is 11.1 Å². The molecular formula is C18H15ClN4O2. The Morgan fingerprint density at radius 3 is 2.32 bits per heavy atom. The van der Waals surface area contributed by atoms with Crippen LogP contribution in [0.15, 0.2) is 54.6 Å². The van der Waals surface area contributed by atoms with E-state index in [1.165, 1.54) is 11.6 Å². The number of nitrogens with zero attached hydrogens (tertiary/aromatic N) is 2. The van der Waals surface area contributed by atoms with Crippen molar-refractivity contribution >= 4 is 34.8 Å². The number of carbonyl (C=O) groups excluding carboxylic acids is 2. The summed E-state index contributed by atoms with van der Waals surface area (Å²) in [6.07, 6.45) is 0. The van der Waals surface area contributed by atoms with Gasteiger partial charge in [0.15, 0.2) is 5.78 Å². The van der Waals surface area contributed by atoms with Crippen LogP contribution in [0.1, 0.15) is 27.8 Å². The molecular weight excluding hydrogens is 340 g/mol. The summed E-state index contributed by atoms with van der Waals surface area (Å²) >= 11 is 5.89. The second-order valence-electron chi connectivity index (χ2n) is 5.37. The summed E-state index contributed by atoms with van der Waals surface area (Å²) in [5.74, 6) is -0.757. The fourth-order valence-electron chi connectivity index (χ4n) is 2.40. The topological polar surface area (TPSA) is 90.0 Å². The number of para-hydroxylation sites is 1. The lowest BCUT2D eigenvalue weighted by Gasteiger charge is -2.06. The summed E-state index contributed by atoms with van der Waals surface area (Å²) in [4.78, 5) is 24.6. The van der Waals surface area contributed by atoms with Crippen LogP contribution in [0.3, 0.4) is 0 Å². The van der Waals surface area contributed by atoms with E-state index in [-0.39, 0.29) is 22.9 Å². The van der Waals surface area contributed by atoms with Crippen LogP contribution < -0.4 is 11.1 Å². The fourth-order valence-corrected chi connectivity index (χ4v) is 2.52. The van der Waals surface area contributed by atoms with Crippen LogP contribution >= 0.6 is 11.6 Å². The molecule has 3 aromatic rings.